The Bertz CT molecular complexity index is 3050. The molecule has 2 bridgehead atoms. The van der Waals surface area contributed by atoms with E-state index in [2.05, 4.69) is 16.0 Å². The average molecular weight is 1480 g/mol. The molecule has 24 nitrogen and oxygen atoms in total. The Balaban J connectivity index is 1.30. The number of carbonyl (C=O) groups is 11. The van der Waals surface area contributed by atoms with Crippen molar-refractivity contribution < 1.29 is 88.6 Å². The summed E-state index contributed by atoms with van der Waals surface area (Å²) in [6.07, 6.45) is -4.21. The number of amides is 11. The van der Waals surface area contributed by atoms with Crippen LogP contribution in [0.15, 0.2) is 12.2 Å². The molecule has 3 unspecified atom stereocenters. The van der Waals surface area contributed by atoms with E-state index in [0.717, 1.165) is 27.5 Å². The van der Waals surface area contributed by atoms with Gasteiger partial charge >= 0.3 is 12.4 Å². The van der Waals surface area contributed by atoms with E-state index in [1.165, 1.54) is 66.8 Å². The number of nitrogens with zero attached hydrogens (tertiary/aromatic N) is 8. The molecule has 1 spiro atoms. The number of methoxy groups -OCH3 is 1. The highest BCUT2D eigenvalue weighted by Gasteiger charge is 2.55. The molecule has 3 heterocycles. The standard InChI is InChI=1S/C74H117F6N11O13/c1-14-45(6)62-69(100)85(8)43-61(94)87(10)54-25-18-17-21-36-90(68(54)99)57(37-46-26-30-49(31-27-46)73(75,76)77)67(98)84(7)42-59(92)81-52(33-29-47-28-32-51(74(78,79)80)58(38-47)103-13)66(97)91-41-50(104-16-3)39-56(91)65(96)83-72(34-22-35-72)71(102)89(12)63(48-23-19-20-24-48)70(101)88(11)55(44(4)5)40-60(93)86(9)53(15-2)64(95)82-62/h17-18,44-58,62-63H,14-16,19-43H2,1-13H3,(H,81,92)(H,82,95)(H,83,96)/b18-17-/t45-,46?,47?,49?,50+,51?,52-,53-,54-,55+,56-,57-,58?,62-,63-/m0/s1. The van der Waals surface area contributed by atoms with Gasteiger partial charge in [0.1, 0.15) is 47.8 Å². The molecule has 7 aliphatic rings. The molecule has 30 heteroatoms. The normalized spacial score (nSPS) is 32.1. The maximum Gasteiger partial charge on any atom is 0.394 e. The lowest BCUT2D eigenvalue weighted by Gasteiger charge is -2.47. The summed E-state index contributed by atoms with van der Waals surface area (Å²) in [5.41, 5.74) is -1.54. The third-order valence-electron chi connectivity index (χ3n) is 24.0. The minimum atomic E-state index is -4.55. The van der Waals surface area contributed by atoms with Gasteiger partial charge in [0.15, 0.2) is 0 Å². The topological polar surface area (TPSA) is 268 Å². The van der Waals surface area contributed by atoms with Gasteiger partial charge in [-0.05, 0) is 152 Å². The molecule has 0 aromatic carbocycles. The summed E-state index contributed by atoms with van der Waals surface area (Å²) in [7, 11) is 9.83. The number of hydrogen-bond acceptors (Lipinski definition) is 13. The van der Waals surface area contributed by atoms with Gasteiger partial charge < -0.3 is 64.6 Å². The van der Waals surface area contributed by atoms with Crippen molar-refractivity contribution in [1.29, 1.82) is 0 Å². The fourth-order valence-electron chi connectivity index (χ4n) is 17.1. The van der Waals surface area contributed by atoms with Gasteiger partial charge in [-0.3, -0.25) is 52.7 Å². The summed E-state index contributed by atoms with van der Waals surface area (Å²) in [5, 5.41) is 8.71. The Labute approximate surface area is 609 Å². The Morgan fingerprint density at radius 1 is 0.615 bits per heavy atom. The molecular weight excluding hydrogens is 1360 g/mol. The molecule has 11 amide bonds. The third kappa shape index (κ3) is 20.4. The second kappa shape index (κ2) is 36.8. The quantitative estimate of drug-likeness (QED) is 0.124. The monoisotopic (exact) mass is 1480 g/mol. The van der Waals surface area contributed by atoms with Crippen molar-refractivity contribution in [2.75, 3.05) is 82.2 Å². The first-order valence-electron chi connectivity index (χ1n) is 37.9. The van der Waals surface area contributed by atoms with E-state index in [4.69, 9.17) is 9.47 Å². The molecule has 3 aliphatic heterocycles. The SMILES string of the molecule is CCO[C@@H]1C[C@H]2C(=O)NC3(CCC3)C(=O)N(C)[C@@H](C3CCCC3)C(=O)N(C)[C@@H](C(C)C)CC(=O)N(C)[C@@H](CC)C(=O)N[C@@H]([C@@H](C)CC)C(=O)N(C)CC(=O)N(C)[C@H]3C/C=C\CCN(C3=O)[C@@H](CC3CCC(C(F)(F)F)CC3)C(=O)N(C)CC(=O)N[C@@H](CCC3CCC(C(F)(F)F)C(OC)C3)C(=O)N2C1. The Morgan fingerprint density at radius 3 is 1.84 bits per heavy atom. The first-order valence-corrected chi connectivity index (χ1v) is 37.9. The number of nitrogens with one attached hydrogen (secondary N) is 3. The van der Waals surface area contributed by atoms with E-state index in [9.17, 15) is 50.3 Å². The number of hydrogen-bond donors (Lipinski definition) is 3. The van der Waals surface area contributed by atoms with Crippen LogP contribution in [-0.2, 0) is 62.2 Å². The van der Waals surface area contributed by atoms with Crippen LogP contribution < -0.4 is 16.0 Å². The molecule has 0 aromatic rings. The highest BCUT2D eigenvalue weighted by atomic mass is 19.4. The van der Waals surface area contributed by atoms with Gasteiger partial charge in [0.2, 0.25) is 65.0 Å². The lowest BCUT2D eigenvalue weighted by molar-refractivity contribution is -0.215. The molecule has 13 atom stereocenters. The Hall–Kier alpha value is -6.59. The lowest BCUT2D eigenvalue weighted by Crippen LogP contribution is -2.68. The highest BCUT2D eigenvalue weighted by Crippen LogP contribution is 2.45. The van der Waals surface area contributed by atoms with Crippen molar-refractivity contribution in [3.8, 4) is 0 Å². The van der Waals surface area contributed by atoms with Crippen molar-refractivity contribution in [2.24, 2.45) is 41.4 Å². The molecule has 0 radical (unpaired) electrons. The van der Waals surface area contributed by atoms with Crippen LogP contribution in [0.5, 0.6) is 0 Å². The predicted molar refractivity (Wildman–Crippen MR) is 374 cm³/mol. The summed E-state index contributed by atoms with van der Waals surface area (Å²) < 4.78 is 96.7. The van der Waals surface area contributed by atoms with Gasteiger partial charge in [-0.25, -0.2) is 0 Å². The molecule has 2 saturated heterocycles. The average Bonchev–Trinajstić information content (AvgIpc) is 1.10. The maximum atomic E-state index is 15.6. The van der Waals surface area contributed by atoms with Crippen LogP contribution in [0.2, 0.25) is 0 Å². The first kappa shape index (κ1) is 84.7. The minimum Gasteiger partial charge on any atom is -0.381 e. The van der Waals surface area contributed by atoms with Gasteiger partial charge in [0.25, 0.3) is 0 Å². The van der Waals surface area contributed by atoms with Crippen LogP contribution in [0.4, 0.5) is 26.3 Å². The number of ether oxygens (including phenoxy) is 2. The maximum absolute atomic E-state index is 15.6. The summed E-state index contributed by atoms with van der Waals surface area (Å²) >= 11 is 0. The molecule has 7 rings (SSSR count). The lowest BCUT2D eigenvalue weighted by atomic mass is 9.74. The fraction of sp³-hybridized carbons (Fsp3) is 0.824. The minimum absolute atomic E-state index is 0.0253. The van der Waals surface area contributed by atoms with E-state index in [0.29, 0.717) is 25.7 Å². The number of rotatable bonds is 13. The van der Waals surface area contributed by atoms with E-state index in [-0.39, 0.29) is 141 Å². The number of carbonyl (C=O) groups excluding carboxylic acids is 11. The number of fused-ring (bicyclic) bond motifs is 3. The van der Waals surface area contributed by atoms with Gasteiger partial charge in [-0.15, -0.1) is 0 Å². The van der Waals surface area contributed by atoms with E-state index in [1.54, 1.807) is 40.0 Å². The summed E-state index contributed by atoms with van der Waals surface area (Å²) in [5.74, 6) is -12.7. The number of likely N-dealkylation sites (N-methyl/N-ethyl adjacent to an activating group) is 6. The molecule has 4 aliphatic carbocycles. The smallest absolute Gasteiger partial charge is 0.381 e. The van der Waals surface area contributed by atoms with Crippen molar-refractivity contribution in [2.45, 2.75) is 268 Å². The number of halogens is 6. The highest BCUT2D eigenvalue weighted by molar-refractivity contribution is 6.00. The molecule has 4 saturated carbocycles. The van der Waals surface area contributed by atoms with Crippen molar-refractivity contribution in [3.05, 3.63) is 12.2 Å². The van der Waals surface area contributed by atoms with Gasteiger partial charge in [-0.1, -0.05) is 66.0 Å². The van der Waals surface area contributed by atoms with E-state index >= 15 is 28.8 Å². The van der Waals surface area contributed by atoms with E-state index in [1.807, 2.05) is 20.8 Å². The zero-order valence-electron chi connectivity index (χ0n) is 63.4. The molecular formula is C74H117F6N11O13. The van der Waals surface area contributed by atoms with Crippen molar-refractivity contribution >= 4 is 65.0 Å². The zero-order valence-corrected chi connectivity index (χ0v) is 63.4. The summed E-state index contributed by atoms with van der Waals surface area (Å²) in [6, 6.07) is -9.60. The molecule has 588 valence electrons. The van der Waals surface area contributed by atoms with Crippen LogP contribution in [0, 0.1) is 41.4 Å². The van der Waals surface area contributed by atoms with Crippen molar-refractivity contribution in [3.63, 3.8) is 0 Å². The van der Waals surface area contributed by atoms with Crippen LogP contribution in [0.25, 0.3) is 0 Å². The zero-order chi connectivity index (χ0) is 77.0. The molecule has 104 heavy (non-hydrogen) atoms. The molecule has 3 N–H and O–H groups in total. The first-order chi connectivity index (χ1) is 48.9. The van der Waals surface area contributed by atoms with Gasteiger partial charge in [-0.2, -0.15) is 26.3 Å². The molecule has 0 aromatic heterocycles. The van der Waals surface area contributed by atoms with Gasteiger partial charge in [0, 0.05) is 88.0 Å². The second-order valence-electron chi connectivity index (χ2n) is 31.2. The molecule has 6 fully saturated rings. The van der Waals surface area contributed by atoms with Crippen LogP contribution in [0.3, 0.4) is 0 Å². The van der Waals surface area contributed by atoms with Crippen molar-refractivity contribution in [1.82, 2.24) is 55.1 Å². The fourth-order valence-corrected chi connectivity index (χ4v) is 17.1. The third-order valence-corrected chi connectivity index (χ3v) is 24.0. The van der Waals surface area contributed by atoms with Crippen LogP contribution in [0.1, 0.15) is 189 Å². The predicted octanol–water partition coefficient (Wildman–Crippen LogP) is 7.01. The second-order valence-corrected chi connectivity index (χ2v) is 31.2. The number of alkyl halides is 6. The van der Waals surface area contributed by atoms with E-state index < -0.39 is 186 Å². The van der Waals surface area contributed by atoms with Crippen LogP contribution >= 0.6 is 0 Å². The summed E-state index contributed by atoms with van der Waals surface area (Å²) in [6.45, 7) is 9.29. The van der Waals surface area contributed by atoms with Gasteiger partial charge in [0.05, 0.1) is 37.1 Å². The largest absolute Gasteiger partial charge is 0.394 e. The Kier molecular flexibility index (Phi) is 30.0. The van der Waals surface area contributed by atoms with Crippen LogP contribution in [-0.4, -0.2) is 265 Å². The summed E-state index contributed by atoms with van der Waals surface area (Å²) in [4.78, 5) is 176. The Morgan fingerprint density at radius 2 is 1.26 bits per heavy atom.